The summed E-state index contributed by atoms with van der Waals surface area (Å²) in [6.45, 7) is 7.57. The lowest BCUT2D eigenvalue weighted by Crippen LogP contribution is -2.07. The fourth-order valence-corrected chi connectivity index (χ4v) is 3.26. The molecule has 0 aliphatic rings. The number of rotatable bonds is 4. The van der Waals surface area contributed by atoms with Crippen LogP contribution in [-0.2, 0) is 12.8 Å². The molecule has 3 rings (SSSR count). The Balaban J connectivity index is 2.48. The van der Waals surface area contributed by atoms with Gasteiger partial charge < -0.3 is 24.8 Å². The first-order chi connectivity index (χ1) is 13.6. The van der Waals surface area contributed by atoms with E-state index in [1.807, 2.05) is 39.8 Å². The van der Waals surface area contributed by atoms with E-state index in [1.165, 1.54) is 6.07 Å². The fourth-order valence-electron chi connectivity index (χ4n) is 3.26. The lowest BCUT2D eigenvalue weighted by molar-refractivity contribution is 0.400. The number of fused-ring (bicyclic) bond motifs is 2. The van der Waals surface area contributed by atoms with Gasteiger partial charge in [-0.3, -0.25) is 4.79 Å². The number of benzene rings is 2. The van der Waals surface area contributed by atoms with Crippen LogP contribution in [0.3, 0.4) is 0 Å². The first-order valence-electron chi connectivity index (χ1n) is 9.26. The summed E-state index contributed by atoms with van der Waals surface area (Å²) in [6, 6.07) is 2.29. The number of phenols is 4. The van der Waals surface area contributed by atoms with Gasteiger partial charge in [0.25, 0.3) is 0 Å². The molecule has 4 N–H and O–H groups in total. The third-order valence-corrected chi connectivity index (χ3v) is 4.78. The predicted octanol–water partition coefficient (Wildman–Crippen LogP) is 4.79. The van der Waals surface area contributed by atoms with Gasteiger partial charge in [0.1, 0.15) is 28.1 Å². The van der Waals surface area contributed by atoms with E-state index in [2.05, 4.69) is 0 Å². The molecule has 0 unspecified atom stereocenters. The Morgan fingerprint density at radius 1 is 0.828 bits per heavy atom. The van der Waals surface area contributed by atoms with Crippen molar-refractivity contribution in [1.82, 2.24) is 0 Å². The molecule has 6 heteroatoms. The van der Waals surface area contributed by atoms with E-state index >= 15 is 0 Å². The minimum Gasteiger partial charge on any atom is -0.507 e. The summed E-state index contributed by atoms with van der Waals surface area (Å²) in [5.41, 5.74) is 2.15. The Kier molecular flexibility index (Phi) is 5.29. The predicted molar refractivity (Wildman–Crippen MR) is 113 cm³/mol. The van der Waals surface area contributed by atoms with E-state index in [4.69, 9.17) is 4.42 Å². The van der Waals surface area contributed by atoms with Gasteiger partial charge in [-0.15, -0.1) is 0 Å². The van der Waals surface area contributed by atoms with Crippen molar-refractivity contribution in [3.63, 3.8) is 0 Å². The van der Waals surface area contributed by atoms with Crippen LogP contribution in [0.5, 0.6) is 23.0 Å². The number of aromatic hydroxyl groups is 4. The molecule has 0 bridgehead atoms. The van der Waals surface area contributed by atoms with E-state index < -0.39 is 22.7 Å². The molecule has 0 amide bonds. The van der Waals surface area contributed by atoms with Crippen LogP contribution in [0.15, 0.2) is 44.6 Å². The lowest BCUT2D eigenvalue weighted by atomic mass is 9.98. The smallest absolute Gasteiger partial charge is 0.204 e. The third-order valence-electron chi connectivity index (χ3n) is 4.78. The van der Waals surface area contributed by atoms with Gasteiger partial charge in [0.2, 0.25) is 5.43 Å². The van der Waals surface area contributed by atoms with Crippen LogP contribution in [0.1, 0.15) is 38.8 Å². The molecule has 0 spiro atoms. The average Bonchev–Trinajstić information content (AvgIpc) is 2.61. The van der Waals surface area contributed by atoms with E-state index in [9.17, 15) is 25.2 Å². The number of allylic oxidation sites excluding steroid dienone is 4. The Labute approximate surface area is 167 Å². The monoisotopic (exact) mass is 396 g/mol. The van der Waals surface area contributed by atoms with Crippen LogP contribution in [0.25, 0.3) is 21.9 Å². The summed E-state index contributed by atoms with van der Waals surface area (Å²) in [4.78, 5) is 13.3. The molecule has 0 saturated heterocycles. The van der Waals surface area contributed by atoms with Gasteiger partial charge in [0.05, 0.1) is 5.39 Å². The van der Waals surface area contributed by atoms with Crippen LogP contribution in [0, 0.1) is 0 Å². The van der Waals surface area contributed by atoms with E-state index in [0.717, 1.165) is 17.2 Å². The second-order valence-electron chi connectivity index (χ2n) is 7.60. The van der Waals surface area contributed by atoms with Crippen molar-refractivity contribution in [1.29, 1.82) is 0 Å². The van der Waals surface area contributed by atoms with Crippen molar-refractivity contribution in [2.24, 2.45) is 0 Å². The molecule has 0 saturated carbocycles. The topological polar surface area (TPSA) is 111 Å². The Morgan fingerprint density at radius 2 is 1.41 bits per heavy atom. The van der Waals surface area contributed by atoms with Gasteiger partial charge in [0, 0.05) is 23.3 Å². The van der Waals surface area contributed by atoms with Crippen molar-refractivity contribution in [3.05, 3.63) is 56.8 Å². The second kappa shape index (κ2) is 7.54. The highest BCUT2D eigenvalue weighted by Crippen LogP contribution is 2.40. The summed E-state index contributed by atoms with van der Waals surface area (Å²) in [5, 5.41) is 41.2. The quantitative estimate of drug-likeness (QED) is 0.287. The summed E-state index contributed by atoms with van der Waals surface area (Å²) in [7, 11) is 0. The van der Waals surface area contributed by atoms with Gasteiger partial charge in [-0.05, 0) is 40.5 Å². The zero-order chi connectivity index (χ0) is 21.5. The standard InChI is InChI=1S/C23H24O6/c1-11(2)5-7-13-15(24)9-16(25)20-22(28)19-14(8-6-12(3)4)21(27)17(26)10-18(19)29-23(13)20/h5-6,9-10,24-27H,7-8H2,1-4H3. The summed E-state index contributed by atoms with van der Waals surface area (Å²) >= 11 is 0. The van der Waals surface area contributed by atoms with Crippen LogP contribution in [0.4, 0.5) is 0 Å². The number of hydrogen-bond acceptors (Lipinski definition) is 6. The molecule has 0 aliphatic heterocycles. The molecule has 1 heterocycles. The molecule has 3 aromatic rings. The molecular formula is C23H24O6. The van der Waals surface area contributed by atoms with Crippen molar-refractivity contribution >= 4 is 21.9 Å². The van der Waals surface area contributed by atoms with Gasteiger partial charge in [0.15, 0.2) is 11.5 Å². The van der Waals surface area contributed by atoms with Gasteiger partial charge >= 0.3 is 0 Å². The zero-order valence-electron chi connectivity index (χ0n) is 16.8. The molecule has 2 aromatic carbocycles. The maximum atomic E-state index is 13.3. The van der Waals surface area contributed by atoms with Crippen molar-refractivity contribution in [2.45, 2.75) is 40.5 Å². The number of phenolic OH excluding ortho intramolecular Hbond substituents is 4. The average molecular weight is 396 g/mol. The summed E-state index contributed by atoms with van der Waals surface area (Å²) < 4.78 is 5.89. The van der Waals surface area contributed by atoms with Crippen LogP contribution in [0.2, 0.25) is 0 Å². The highest BCUT2D eigenvalue weighted by molar-refractivity contribution is 5.98. The van der Waals surface area contributed by atoms with Crippen molar-refractivity contribution < 1.29 is 24.8 Å². The van der Waals surface area contributed by atoms with Crippen molar-refractivity contribution in [2.75, 3.05) is 0 Å². The minimum atomic E-state index is -0.537. The van der Waals surface area contributed by atoms with Crippen LogP contribution >= 0.6 is 0 Å². The summed E-state index contributed by atoms with van der Waals surface area (Å²) in [6.07, 6.45) is 4.19. The second-order valence-corrected chi connectivity index (χ2v) is 7.60. The first kappa shape index (κ1) is 20.3. The van der Waals surface area contributed by atoms with Crippen molar-refractivity contribution in [3.8, 4) is 23.0 Å². The van der Waals surface area contributed by atoms with E-state index in [1.54, 1.807) is 0 Å². The molecule has 6 nitrogen and oxygen atoms in total. The molecule has 29 heavy (non-hydrogen) atoms. The minimum absolute atomic E-state index is 0.0516. The van der Waals surface area contributed by atoms with Crippen LogP contribution in [-0.4, -0.2) is 20.4 Å². The van der Waals surface area contributed by atoms with Crippen LogP contribution < -0.4 is 5.43 Å². The van der Waals surface area contributed by atoms with E-state index in [0.29, 0.717) is 12.0 Å². The van der Waals surface area contributed by atoms with Gasteiger partial charge in [-0.25, -0.2) is 0 Å². The molecule has 152 valence electrons. The highest BCUT2D eigenvalue weighted by Gasteiger charge is 2.22. The Hall–Kier alpha value is -3.41. The maximum Gasteiger partial charge on any atom is 0.204 e. The van der Waals surface area contributed by atoms with Gasteiger partial charge in [-0.2, -0.15) is 0 Å². The highest BCUT2D eigenvalue weighted by atomic mass is 16.3. The SMILES string of the molecule is CC(C)=CCc1c(O)cc(O)c2c(=O)c3c(CC=C(C)C)c(O)c(O)cc3oc12. The molecule has 1 aromatic heterocycles. The first-order valence-corrected chi connectivity index (χ1v) is 9.26. The molecule has 0 atom stereocenters. The molecule has 0 aliphatic carbocycles. The number of hydrogen-bond donors (Lipinski definition) is 4. The summed E-state index contributed by atoms with van der Waals surface area (Å²) in [5.74, 6) is -1.41. The largest absolute Gasteiger partial charge is 0.507 e. The Bertz CT molecular complexity index is 1240. The molecular weight excluding hydrogens is 372 g/mol. The molecule has 0 radical (unpaired) electrons. The molecule has 0 fully saturated rings. The lowest BCUT2D eigenvalue weighted by Gasteiger charge is -2.13. The fraction of sp³-hybridized carbons (Fsp3) is 0.261. The third kappa shape index (κ3) is 3.66. The normalized spacial score (nSPS) is 11.0. The zero-order valence-corrected chi connectivity index (χ0v) is 16.8. The van der Waals surface area contributed by atoms with Gasteiger partial charge in [-0.1, -0.05) is 23.3 Å². The van der Waals surface area contributed by atoms with E-state index in [-0.39, 0.29) is 39.7 Å². The Morgan fingerprint density at radius 3 is 2.00 bits per heavy atom. The maximum absolute atomic E-state index is 13.3.